The summed E-state index contributed by atoms with van der Waals surface area (Å²) in [6.45, 7) is 3.01. The van der Waals surface area contributed by atoms with Gasteiger partial charge in [-0.05, 0) is 41.8 Å². The van der Waals surface area contributed by atoms with E-state index in [1.54, 1.807) is 0 Å². The van der Waals surface area contributed by atoms with Gasteiger partial charge in [-0.25, -0.2) is 0 Å². The molecule has 1 aliphatic heterocycles. The molecule has 0 aromatic heterocycles. The van der Waals surface area contributed by atoms with E-state index in [1.165, 1.54) is 42.1 Å². The summed E-state index contributed by atoms with van der Waals surface area (Å²) in [7, 11) is 0. The van der Waals surface area contributed by atoms with E-state index in [0.29, 0.717) is 6.04 Å². The van der Waals surface area contributed by atoms with Crippen LogP contribution >= 0.6 is 0 Å². The van der Waals surface area contributed by atoms with Crippen LogP contribution in [0.15, 0.2) is 42.5 Å². The van der Waals surface area contributed by atoms with E-state index in [9.17, 15) is 0 Å². The highest BCUT2D eigenvalue weighted by Gasteiger charge is 2.20. The van der Waals surface area contributed by atoms with Crippen LogP contribution in [0, 0.1) is 0 Å². The monoisotopic (exact) mass is 254 g/mol. The van der Waals surface area contributed by atoms with Crippen LogP contribution in [0.5, 0.6) is 0 Å². The third-order valence-corrected chi connectivity index (χ3v) is 4.22. The second-order valence-electron chi connectivity index (χ2n) is 5.54. The molecule has 0 amide bonds. The number of hydrogen-bond acceptors (Lipinski definition) is 2. The van der Waals surface area contributed by atoms with Crippen molar-refractivity contribution in [2.24, 2.45) is 5.73 Å². The predicted molar refractivity (Wildman–Crippen MR) is 81.1 cm³/mol. The Balaban J connectivity index is 1.80. The van der Waals surface area contributed by atoms with E-state index in [2.05, 4.69) is 47.4 Å². The van der Waals surface area contributed by atoms with Crippen LogP contribution in [-0.2, 0) is 6.54 Å². The van der Waals surface area contributed by atoms with Gasteiger partial charge in [0, 0.05) is 19.1 Å². The SMILES string of the molecule is NCC1CCCCN1Cc1ccc2ccccc2c1. The second kappa shape index (κ2) is 5.72. The van der Waals surface area contributed by atoms with Crippen molar-refractivity contribution in [2.75, 3.05) is 13.1 Å². The van der Waals surface area contributed by atoms with Gasteiger partial charge in [0.1, 0.15) is 0 Å². The Labute approximate surface area is 115 Å². The van der Waals surface area contributed by atoms with Gasteiger partial charge in [0.05, 0.1) is 0 Å². The zero-order chi connectivity index (χ0) is 13.1. The maximum atomic E-state index is 5.90. The van der Waals surface area contributed by atoms with Crippen LogP contribution in [0.2, 0.25) is 0 Å². The Morgan fingerprint density at radius 3 is 2.74 bits per heavy atom. The third-order valence-electron chi connectivity index (χ3n) is 4.22. The first-order chi connectivity index (χ1) is 9.36. The first-order valence-corrected chi connectivity index (χ1v) is 7.28. The number of fused-ring (bicyclic) bond motifs is 1. The molecule has 0 radical (unpaired) electrons. The minimum absolute atomic E-state index is 0.570. The van der Waals surface area contributed by atoms with Gasteiger partial charge in [0.15, 0.2) is 0 Å². The molecule has 0 spiro atoms. The van der Waals surface area contributed by atoms with Gasteiger partial charge in [-0.3, -0.25) is 4.90 Å². The highest BCUT2D eigenvalue weighted by molar-refractivity contribution is 5.82. The van der Waals surface area contributed by atoms with E-state index < -0.39 is 0 Å². The van der Waals surface area contributed by atoms with Crippen LogP contribution in [0.4, 0.5) is 0 Å². The van der Waals surface area contributed by atoms with Crippen LogP contribution < -0.4 is 5.73 Å². The van der Waals surface area contributed by atoms with Crippen molar-refractivity contribution in [3.8, 4) is 0 Å². The number of benzene rings is 2. The highest BCUT2D eigenvalue weighted by Crippen LogP contribution is 2.21. The van der Waals surface area contributed by atoms with Gasteiger partial charge >= 0.3 is 0 Å². The fraction of sp³-hybridized carbons (Fsp3) is 0.412. The van der Waals surface area contributed by atoms with Crippen molar-refractivity contribution in [3.05, 3.63) is 48.0 Å². The first-order valence-electron chi connectivity index (χ1n) is 7.28. The molecule has 0 aliphatic carbocycles. The molecule has 1 heterocycles. The maximum absolute atomic E-state index is 5.90. The largest absolute Gasteiger partial charge is 0.329 e. The molecule has 19 heavy (non-hydrogen) atoms. The van der Waals surface area contributed by atoms with Crippen molar-refractivity contribution in [3.63, 3.8) is 0 Å². The van der Waals surface area contributed by atoms with Gasteiger partial charge in [-0.1, -0.05) is 42.8 Å². The summed E-state index contributed by atoms with van der Waals surface area (Å²) in [5.41, 5.74) is 7.30. The van der Waals surface area contributed by atoms with Crippen LogP contribution in [-0.4, -0.2) is 24.0 Å². The number of nitrogens with two attached hydrogens (primary N) is 1. The summed E-state index contributed by atoms with van der Waals surface area (Å²) in [5, 5.41) is 2.65. The molecule has 1 fully saturated rings. The zero-order valence-corrected chi connectivity index (χ0v) is 11.4. The lowest BCUT2D eigenvalue weighted by molar-refractivity contribution is 0.145. The van der Waals surface area contributed by atoms with Crippen molar-refractivity contribution in [2.45, 2.75) is 31.8 Å². The lowest BCUT2D eigenvalue weighted by Gasteiger charge is -2.35. The molecule has 0 saturated carbocycles. The standard InChI is InChI=1S/C17H22N2/c18-12-17-7-3-4-10-19(17)13-14-8-9-15-5-1-2-6-16(15)11-14/h1-2,5-6,8-9,11,17H,3-4,7,10,12-13,18H2. The van der Waals surface area contributed by atoms with Crippen molar-refractivity contribution >= 4 is 10.8 Å². The normalized spacial score (nSPS) is 20.8. The zero-order valence-electron chi connectivity index (χ0n) is 11.4. The number of nitrogens with zero attached hydrogens (tertiary/aromatic N) is 1. The quantitative estimate of drug-likeness (QED) is 0.911. The summed E-state index contributed by atoms with van der Waals surface area (Å²) in [5.74, 6) is 0. The first kappa shape index (κ1) is 12.6. The smallest absolute Gasteiger partial charge is 0.0237 e. The summed E-state index contributed by atoms with van der Waals surface area (Å²) in [6, 6.07) is 15.9. The third kappa shape index (κ3) is 2.80. The Morgan fingerprint density at radius 2 is 1.89 bits per heavy atom. The summed E-state index contributed by atoms with van der Waals surface area (Å²) in [6.07, 6.45) is 3.89. The maximum Gasteiger partial charge on any atom is 0.0237 e. The molecule has 1 aliphatic rings. The van der Waals surface area contributed by atoms with Gasteiger partial charge in [-0.15, -0.1) is 0 Å². The molecule has 2 N–H and O–H groups in total. The molecule has 0 bridgehead atoms. The Morgan fingerprint density at radius 1 is 1.05 bits per heavy atom. The van der Waals surface area contributed by atoms with Gasteiger partial charge in [0.2, 0.25) is 0 Å². The molecule has 2 aromatic carbocycles. The topological polar surface area (TPSA) is 29.3 Å². The van der Waals surface area contributed by atoms with Gasteiger partial charge in [0.25, 0.3) is 0 Å². The molecular weight excluding hydrogens is 232 g/mol. The van der Waals surface area contributed by atoms with E-state index in [1.807, 2.05) is 0 Å². The average molecular weight is 254 g/mol. The summed E-state index contributed by atoms with van der Waals surface area (Å²) >= 11 is 0. The predicted octanol–water partition coefficient (Wildman–Crippen LogP) is 3.15. The minimum Gasteiger partial charge on any atom is -0.329 e. The lowest BCUT2D eigenvalue weighted by Crippen LogP contribution is -2.43. The molecule has 100 valence electrons. The average Bonchev–Trinajstić information content (AvgIpc) is 2.48. The summed E-state index contributed by atoms with van der Waals surface area (Å²) in [4.78, 5) is 2.55. The number of rotatable bonds is 3. The molecule has 3 rings (SSSR count). The number of likely N-dealkylation sites (tertiary alicyclic amines) is 1. The number of piperidine rings is 1. The van der Waals surface area contributed by atoms with Crippen molar-refractivity contribution in [1.82, 2.24) is 4.90 Å². The molecule has 1 saturated heterocycles. The van der Waals surface area contributed by atoms with Crippen LogP contribution in [0.1, 0.15) is 24.8 Å². The number of hydrogen-bond donors (Lipinski definition) is 1. The van der Waals surface area contributed by atoms with Crippen LogP contribution in [0.3, 0.4) is 0 Å². The van der Waals surface area contributed by atoms with E-state index in [-0.39, 0.29) is 0 Å². The fourth-order valence-corrected chi connectivity index (χ4v) is 3.11. The van der Waals surface area contributed by atoms with E-state index >= 15 is 0 Å². The fourth-order valence-electron chi connectivity index (χ4n) is 3.11. The van der Waals surface area contributed by atoms with Crippen molar-refractivity contribution < 1.29 is 0 Å². The van der Waals surface area contributed by atoms with Crippen LogP contribution in [0.25, 0.3) is 10.8 Å². The molecule has 1 unspecified atom stereocenters. The van der Waals surface area contributed by atoms with Crippen molar-refractivity contribution in [1.29, 1.82) is 0 Å². The minimum atomic E-state index is 0.570. The van der Waals surface area contributed by atoms with E-state index in [0.717, 1.165) is 13.1 Å². The Kier molecular flexibility index (Phi) is 3.81. The second-order valence-corrected chi connectivity index (χ2v) is 5.54. The Bertz CT molecular complexity index is 550. The summed E-state index contributed by atoms with van der Waals surface area (Å²) < 4.78 is 0. The molecule has 2 nitrogen and oxygen atoms in total. The van der Waals surface area contributed by atoms with Gasteiger partial charge in [-0.2, -0.15) is 0 Å². The lowest BCUT2D eigenvalue weighted by atomic mass is 10.0. The molecule has 2 aromatic rings. The Hall–Kier alpha value is -1.38. The van der Waals surface area contributed by atoms with Gasteiger partial charge < -0.3 is 5.73 Å². The molecule has 2 heteroatoms. The molecular formula is C17H22N2. The molecule has 1 atom stereocenters. The van der Waals surface area contributed by atoms with E-state index in [4.69, 9.17) is 5.73 Å². The highest BCUT2D eigenvalue weighted by atomic mass is 15.2.